The Balaban J connectivity index is 1.71. The first-order valence-corrected chi connectivity index (χ1v) is 7.42. The highest BCUT2D eigenvalue weighted by Crippen LogP contribution is 2.18. The number of urea groups is 1. The summed E-state index contributed by atoms with van der Waals surface area (Å²) in [5.41, 5.74) is 0.600. The molecule has 0 aliphatic carbocycles. The van der Waals surface area contributed by atoms with E-state index in [1.165, 1.54) is 12.5 Å². The summed E-state index contributed by atoms with van der Waals surface area (Å²) in [5, 5.41) is 5.69. The highest BCUT2D eigenvalue weighted by molar-refractivity contribution is 5.93. The van der Waals surface area contributed by atoms with Crippen molar-refractivity contribution in [3.63, 3.8) is 0 Å². The van der Waals surface area contributed by atoms with Crippen LogP contribution in [0.4, 0.5) is 4.79 Å². The molecule has 2 heterocycles. The second-order valence-electron chi connectivity index (χ2n) is 5.76. The lowest BCUT2D eigenvalue weighted by atomic mass is 9.96. The standard InChI is InChI=1S/C15H23N3O3/c1-11(2)17-15(20)16-9-12-3-6-18(7-4-12)14(19)13-5-8-21-10-13/h5,8,10-12H,3-4,6-7,9H2,1-2H3,(H2,16,17,20). The van der Waals surface area contributed by atoms with Gasteiger partial charge in [0.25, 0.3) is 5.91 Å². The van der Waals surface area contributed by atoms with Crippen LogP contribution in [0.2, 0.25) is 0 Å². The van der Waals surface area contributed by atoms with Gasteiger partial charge in [0.2, 0.25) is 0 Å². The molecule has 1 aromatic heterocycles. The van der Waals surface area contributed by atoms with E-state index in [9.17, 15) is 9.59 Å². The van der Waals surface area contributed by atoms with Crippen LogP contribution in [0.15, 0.2) is 23.0 Å². The lowest BCUT2D eigenvalue weighted by molar-refractivity contribution is 0.0689. The second kappa shape index (κ2) is 7.15. The van der Waals surface area contributed by atoms with Crippen molar-refractivity contribution < 1.29 is 14.0 Å². The Morgan fingerprint density at radius 3 is 2.67 bits per heavy atom. The van der Waals surface area contributed by atoms with Gasteiger partial charge in [-0.15, -0.1) is 0 Å². The van der Waals surface area contributed by atoms with Crippen molar-refractivity contribution >= 4 is 11.9 Å². The van der Waals surface area contributed by atoms with E-state index < -0.39 is 0 Å². The van der Waals surface area contributed by atoms with E-state index in [-0.39, 0.29) is 18.0 Å². The third-order valence-electron chi connectivity index (χ3n) is 3.64. The van der Waals surface area contributed by atoms with Crippen LogP contribution in [0.1, 0.15) is 37.0 Å². The van der Waals surface area contributed by atoms with Gasteiger partial charge < -0.3 is 20.0 Å². The first kappa shape index (κ1) is 15.4. The third kappa shape index (κ3) is 4.51. The molecular formula is C15H23N3O3. The van der Waals surface area contributed by atoms with Crippen LogP contribution in [0.25, 0.3) is 0 Å². The quantitative estimate of drug-likeness (QED) is 0.889. The van der Waals surface area contributed by atoms with Crippen LogP contribution in [-0.2, 0) is 0 Å². The predicted octanol–water partition coefficient (Wildman–Crippen LogP) is 1.84. The van der Waals surface area contributed by atoms with E-state index in [2.05, 4.69) is 10.6 Å². The van der Waals surface area contributed by atoms with Crippen molar-refractivity contribution in [3.05, 3.63) is 24.2 Å². The van der Waals surface area contributed by atoms with Crippen molar-refractivity contribution in [2.45, 2.75) is 32.7 Å². The van der Waals surface area contributed by atoms with Crippen molar-refractivity contribution in [2.75, 3.05) is 19.6 Å². The summed E-state index contributed by atoms with van der Waals surface area (Å²) >= 11 is 0. The molecule has 0 atom stereocenters. The Labute approximate surface area is 124 Å². The van der Waals surface area contributed by atoms with Crippen LogP contribution in [0.3, 0.4) is 0 Å². The zero-order valence-electron chi connectivity index (χ0n) is 12.6. The number of amides is 3. The molecule has 1 saturated heterocycles. The summed E-state index contributed by atoms with van der Waals surface area (Å²) in [4.78, 5) is 25.5. The summed E-state index contributed by atoms with van der Waals surface area (Å²) in [6, 6.07) is 1.70. The van der Waals surface area contributed by atoms with Crippen molar-refractivity contribution in [3.8, 4) is 0 Å². The number of hydrogen-bond acceptors (Lipinski definition) is 3. The fraction of sp³-hybridized carbons (Fsp3) is 0.600. The Kier molecular flexibility index (Phi) is 5.25. The maximum atomic E-state index is 12.1. The molecule has 0 bridgehead atoms. The second-order valence-corrected chi connectivity index (χ2v) is 5.76. The predicted molar refractivity (Wildman–Crippen MR) is 79.0 cm³/mol. The number of rotatable bonds is 4. The maximum Gasteiger partial charge on any atom is 0.314 e. The van der Waals surface area contributed by atoms with E-state index in [0.717, 1.165) is 25.9 Å². The molecule has 6 nitrogen and oxygen atoms in total. The number of nitrogens with one attached hydrogen (secondary N) is 2. The minimum absolute atomic E-state index is 0.0210. The maximum absolute atomic E-state index is 12.1. The number of carbonyl (C=O) groups is 2. The number of piperidine rings is 1. The van der Waals surface area contributed by atoms with Gasteiger partial charge in [0.05, 0.1) is 11.8 Å². The van der Waals surface area contributed by atoms with Crippen molar-refractivity contribution in [1.29, 1.82) is 0 Å². The van der Waals surface area contributed by atoms with Crippen molar-refractivity contribution in [2.24, 2.45) is 5.92 Å². The van der Waals surface area contributed by atoms with Crippen LogP contribution >= 0.6 is 0 Å². The SMILES string of the molecule is CC(C)NC(=O)NCC1CCN(C(=O)c2ccoc2)CC1. The average Bonchev–Trinajstić information content (AvgIpc) is 2.98. The normalized spacial score (nSPS) is 16.0. The Bertz CT molecular complexity index is 463. The monoisotopic (exact) mass is 293 g/mol. The molecular weight excluding hydrogens is 270 g/mol. The van der Waals surface area contributed by atoms with Crippen LogP contribution in [-0.4, -0.2) is 42.5 Å². The Morgan fingerprint density at radius 1 is 1.38 bits per heavy atom. The van der Waals surface area contributed by atoms with Gasteiger partial charge >= 0.3 is 6.03 Å². The van der Waals surface area contributed by atoms with Gasteiger partial charge in [0.1, 0.15) is 6.26 Å². The van der Waals surface area contributed by atoms with Gasteiger partial charge in [-0.3, -0.25) is 4.79 Å². The first-order valence-electron chi connectivity index (χ1n) is 7.42. The van der Waals surface area contributed by atoms with E-state index in [1.807, 2.05) is 18.7 Å². The number of carbonyl (C=O) groups excluding carboxylic acids is 2. The van der Waals surface area contributed by atoms with Crippen LogP contribution < -0.4 is 10.6 Å². The van der Waals surface area contributed by atoms with Gasteiger partial charge in [0.15, 0.2) is 0 Å². The summed E-state index contributed by atoms with van der Waals surface area (Å²) in [6.07, 6.45) is 4.81. The fourth-order valence-electron chi connectivity index (χ4n) is 2.46. The lowest BCUT2D eigenvalue weighted by Gasteiger charge is -2.31. The molecule has 0 unspecified atom stereocenters. The number of likely N-dealkylation sites (tertiary alicyclic amines) is 1. The van der Waals surface area contributed by atoms with Crippen molar-refractivity contribution in [1.82, 2.24) is 15.5 Å². The molecule has 2 rings (SSSR count). The number of nitrogens with zero attached hydrogens (tertiary/aromatic N) is 1. The molecule has 1 aliphatic heterocycles. The average molecular weight is 293 g/mol. The number of furan rings is 1. The molecule has 1 aromatic rings. The molecule has 0 radical (unpaired) electrons. The molecule has 6 heteroatoms. The summed E-state index contributed by atoms with van der Waals surface area (Å²) in [6.45, 7) is 5.97. The smallest absolute Gasteiger partial charge is 0.314 e. The molecule has 0 saturated carbocycles. The van der Waals surface area contributed by atoms with Gasteiger partial charge in [0, 0.05) is 25.7 Å². The largest absolute Gasteiger partial charge is 0.472 e. The lowest BCUT2D eigenvalue weighted by Crippen LogP contribution is -2.44. The summed E-state index contributed by atoms with van der Waals surface area (Å²) in [7, 11) is 0. The zero-order chi connectivity index (χ0) is 15.2. The molecule has 0 aromatic carbocycles. The Morgan fingerprint density at radius 2 is 2.10 bits per heavy atom. The van der Waals surface area contributed by atoms with Gasteiger partial charge in [-0.05, 0) is 38.7 Å². The van der Waals surface area contributed by atoms with E-state index >= 15 is 0 Å². The molecule has 0 spiro atoms. The van der Waals surface area contributed by atoms with E-state index in [0.29, 0.717) is 18.0 Å². The minimum atomic E-state index is -0.123. The fourth-order valence-corrected chi connectivity index (χ4v) is 2.46. The van der Waals surface area contributed by atoms with Gasteiger partial charge in [-0.1, -0.05) is 0 Å². The van der Waals surface area contributed by atoms with E-state index in [4.69, 9.17) is 4.42 Å². The van der Waals surface area contributed by atoms with Crippen LogP contribution in [0.5, 0.6) is 0 Å². The third-order valence-corrected chi connectivity index (χ3v) is 3.64. The summed E-state index contributed by atoms with van der Waals surface area (Å²) in [5.74, 6) is 0.448. The first-order chi connectivity index (χ1) is 10.1. The minimum Gasteiger partial charge on any atom is -0.472 e. The Hall–Kier alpha value is -1.98. The highest BCUT2D eigenvalue weighted by Gasteiger charge is 2.24. The molecule has 3 amide bonds. The van der Waals surface area contributed by atoms with Gasteiger partial charge in [-0.25, -0.2) is 4.79 Å². The molecule has 2 N–H and O–H groups in total. The molecule has 116 valence electrons. The number of hydrogen-bond donors (Lipinski definition) is 2. The molecule has 21 heavy (non-hydrogen) atoms. The molecule has 1 aliphatic rings. The summed E-state index contributed by atoms with van der Waals surface area (Å²) < 4.78 is 4.94. The topological polar surface area (TPSA) is 74.6 Å². The van der Waals surface area contributed by atoms with Gasteiger partial charge in [-0.2, -0.15) is 0 Å². The van der Waals surface area contributed by atoms with E-state index in [1.54, 1.807) is 6.07 Å². The van der Waals surface area contributed by atoms with Crippen LogP contribution in [0, 0.1) is 5.92 Å². The highest BCUT2D eigenvalue weighted by atomic mass is 16.3. The zero-order valence-corrected chi connectivity index (χ0v) is 12.6. The molecule has 1 fully saturated rings.